The van der Waals surface area contributed by atoms with Crippen LogP contribution in [0.2, 0.25) is 0 Å². The summed E-state index contributed by atoms with van der Waals surface area (Å²) in [6, 6.07) is -0.210. The summed E-state index contributed by atoms with van der Waals surface area (Å²) >= 11 is 0. The first-order valence-corrected chi connectivity index (χ1v) is 7.62. The lowest BCUT2D eigenvalue weighted by Gasteiger charge is -2.27. The summed E-state index contributed by atoms with van der Waals surface area (Å²) in [6.45, 7) is 3.53. The molecule has 1 saturated heterocycles. The van der Waals surface area contributed by atoms with E-state index in [0.717, 1.165) is 19.3 Å². The third kappa shape index (κ3) is 3.50. The molecular formula is C10H19N5O2S. The zero-order chi connectivity index (χ0) is 13.0. The standard InChI is InChI=1S/C10H19N5O2S/c1-10(7-14-9-11-8-12-14)13-18(16,17)15-5-3-2-4-6-15/h8-10,13H,2-7H2,1H3. The fourth-order valence-corrected chi connectivity index (χ4v) is 3.55. The van der Waals surface area contributed by atoms with E-state index < -0.39 is 10.2 Å². The van der Waals surface area contributed by atoms with Gasteiger partial charge in [-0.15, -0.1) is 0 Å². The molecule has 0 bridgehead atoms. The fourth-order valence-electron chi connectivity index (χ4n) is 2.08. The molecule has 7 nitrogen and oxygen atoms in total. The second-order valence-electron chi connectivity index (χ2n) is 4.60. The van der Waals surface area contributed by atoms with Gasteiger partial charge in [-0.25, -0.2) is 4.98 Å². The summed E-state index contributed by atoms with van der Waals surface area (Å²) < 4.78 is 30.0. The smallest absolute Gasteiger partial charge is 0.251 e. The van der Waals surface area contributed by atoms with Gasteiger partial charge in [-0.1, -0.05) is 6.42 Å². The Balaban J connectivity index is 1.90. The maximum Gasteiger partial charge on any atom is 0.279 e. The minimum Gasteiger partial charge on any atom is -0.251 e. The van der Waals surface area contributed by atoms with E-state index in [2.05, 4.69) is 14.8 Å². The van der Waals surface area contributed by atoms with E-state index in [0.29, 0.717) is 19.6 Å². The zero-order valence-corrected chi connectivity index (χ0v) is 11.3. The van der Waals surface area contributed by atoms with Crippen LogP contribution in [0.25, 0.3) is 0 Å². The summed E-state index contributed by atoms with van der Waals surface area (Å²) in [7, 11) is -3.36. The van der Waals surface area contributed by atoms with Gasteiger partial charge >= 0.3 is 0 Å². The Kier molecular flexibility index (Phi) is 4.31. The largest absolute Gasteiger partial charge is 0.279 e. The average Bonchev–Trinajstić information content (AvgIpc) is 2.82. The number of aromatic nitrogens is 3. The molecule has 102 valence electrons. The molecular weight excluding hydrogens is 254 g/mol. The molecule has 2 rings (SSSR count). The summed E-state index contributed by atoms with van der Waals surface area (Å²) in [5.74, 6) is 0. The maximum atomic E-state index is 12.1. The molecule has 0 spiro atoms. The first-order valence-electron chi connectivity index (χ1n) is 6.18. The van der Waals surface area contributed by atoms with Gasteiger partial charge in [0, 0.05) is 19.1 Å². The monoisotopic (exact) mass is 273 g/mol. The molecule has 1 aromatic heterocycles. The molecule has 1 atom stereocenters. The molecule has 1 unspecified atom stereocenters. The first-order chi connectivity index (χ1) is 8.58. The molecule has 1 aliphatic rings. The van der Waals surface area contributed by atoms with Crippen LogP contribution in [0.5, 0.6) is 0 Å². The Bertz CT molecular complexity index is 453. The van der Waals surface area contributed by atoms with Gasteiger partial charge in [-0.3, -0.25) is 4.68 Å². The quantitative estimate of drug-likeness (QED) is 0.818. The van der Waals surface area contributed by atoms with Crippen LogP contribution >= 0.6 is 0 Å². The van der Waals surface area contributed by atoms with Crippen LogP contribution in [0.15, 0.2) is 12.7 Å². The van der Waals surface area contributed by atoms with Crippen molar-refractivity contribution in [3.63, 3.8) is 0 Å². The lowest BCUT2D eigenvalue weighted by molar-refractivity contribution is 0.336. The third-order valence-corrected chi connectivity index (χ3v) is 4.68. The van der Waals surface area contributed by atoms with E-state index in [-0.39, 0.29) is 6.04 Å². The van der Waals surface area contributed by atoms with Gasteiger partial charge in [-0.05, 0) is 19.8 Å². The summed E-state index contributed by atoms with van der Waals surface area (Å²) in [5, 5.41) is 3.96. The highest BCUT2D eigenvalue weighted by Crippen LogP contribution is 2.12. The second kappa shape index (κ2) is 5.77. The Morgan fingerprint density at radius 2 is 2.06 bits per heavy atom. The summed E-state index contributed by atoms with van der Waals surface area (Å²) in [6.07, 6.45) is 6.01. The van der Waals surface area contributed by atoms with Gasteiger partial charge < -0.3 is 0 Å². The fraction of sp³-hybridized carbons (Fsp3) is 0.800. The molecule has 1 N–H and O–H groups in total. The van der Waals surface area contributed by atoms with Crippen molar-refractivity contribution in [2.45, 2.75) is 38.8 Å². The molecule has 1 aromatic rings. The van der Waals surface area contributed by atoms with Gasteiger partial charge in [-0.2, -0.15) is 22.5 Å². The van der Waals surface area contributed by atoms with E-state index in [1.807, 2.05) is 6.92 Å². The van der Waals surface area contributed by atoms with Gasteiger partial charge in [0.15, 0.2) is 0 Å². The Morgan fingerprint density at radius 3 is 2.67 bits per heavy atom. The van der Waals surface area contributed by atoms with Gasteiger partial charge in [0.2, 0.25) is 0 Å². The van der Waals surface area contributed by atoms with Crippen molar-refractivity contribution >= 4 is 10.2 Å². The Morgan fingerprint density at radius 1 is 1.33 bits per heavy atom. The number of nitrogens with one attached hydrogen (secondary N) is 1. The van der Waals surface area contributed by atoms with E-state index in [9.17, 15) is 8.42 Å². The molecule has 1 fully saturated rings. The van der Waals surface area contributed by atoms with Crippen LogP contribution in [0, 0.1) is 0 Å². The van der Waals surface area contributed by atoms with Crippen LogP contribution in [-0.2, 0) is 16.8 Å². The summed E-state index contributed by atoms with van der Waals surface area (Å²) in [5.41, 5.74) is 0. The number of hydrogen-bond acceptors (Lipinski definition) is 4. The van der Waals surface area contributed by atoms with Crippen molar-refractivity contribution in [1.29, 1.82) is 0 Å². The highest BCUT2D eigenvalue weighted by molar-refractivity contribution is 7.87. The molecule has 0 radical (unpaired) electrons. The SMILES string of the molecule is CC(Cn1cncn1)NS(=O)(=O)N1CCCCC1. The van der Waals surface area contributed by atoms with Crippen LogP contribution in [0.3, 0.4) is 0 Å². The number of rotatable bonds is 5. The van der Waals surface area contributed by atoms with E-state index in [1.165, 1.54) is 10.6 Å². The van der Waals surface area contributed by atoms with Crippen LogP contribution in [0.4, 0.5) is 0 Å². The third-order valence-electron chi connectivity index (χ3n) is 2.93. The van der Waals surface area contributed by atoms with E-state index >= 15 is 0 Å². The molecule has 0 amide bonds. The topological polar surface area (TPSA) is 80.1 Å². The molecule has 0 saturated carbocycles. The maximum absolute atomic E-state index is 12.1. The van der Waals surface area contributed by atoms with Gasteiger partial charge in [0.25, 0.3) is 10.2 Å². The van der Waals surface area contributed by atoms with Crippen molar-refractivity contribution < 1.29 is 8.42 Å². The zero-order valence-electron chi connectivity index (χ0n) is 10.5. The molecule has 8 heteroatoms. The lowest BCUT2D eigenvalue weighted by Crippen LogP contribution is -2.47. The van der Waals surface area contributed by atoms with Crippen molar-refractivity contribution in [3.05, 3.63) is 12.7 Å². The minimum atomic E-state index is -3.36. The molecule has 18 heavy (non-hydrogen) atoms. The van der Waals surface area contributed by atoms with E-state index in [1.54, 1.807) is 11.0 Å². The number of nitrogens with zero attached hydrogens (tertiary/aromatic N) is 4. The molecule has 2 heterocycles. The number of hydrogen-bond donors (Lipinski definition) is 1. The van der Waals surface area contributed by atoms with Crippen molar-refractivity contribution in [2.75, 3.05) is 13.1 Å². The first kappa shape index (κ1) is 13.4. The normalized spacial score (nSPS) is 19.8. The average molecular weight is 273 g/mol. The van der Waals surface area contributed by atoms with Crippen molar-refractivity contribution in [2.24, 2.45) is 0 Å². The van der Waals surface area contributed by atoms with Crippen molar-refractivity contribution in [1.82, 2.24) is 23.8 Å². The van der Waals surface area contributed by atoms with Gasteiger partial charge in [0.1, 0.15) is 12.7 Å². The highest BCUT2D eigenvalue weighted by atomic mass is 32.2. The predicted octanol–water partition coefficient (Wildman–Crippen LogP) is -0.0131. The Hall–Kier alpha value is -0.990. The number of piperidine rings is 1. The highest BCUT2D eigenvalue weighted by Gasteiger charge is 2.25. The van der Waals surface area contributed by atoms with Crippen molar-refractivity contribution in [3.8, 4) is 0 Å². The summed E-state index contributed by atoms with van der Waals surface area (Å²) in [4.78, 5) is 3.83. The molecule has 0 aromatic carbocycles. The van der Waals surface area contributed by atoms with Gasteiger partial charge in [0.05, 0.1) is 6.54 Å². The van der Waals surface area contributed by atoms with E-state index in [4.69, 9.17) is 0 Å². The predicted molar refractivity (Wildman–Crippen MR) is 67.0 cm³/mol. The van der Waals surface area contributed by atoms with Crippen LogP contribution < -0.4 is 4.72 Å². The Labute approximate surface area is 107 Å². The van der Waals surface area contributed by atoms with Crippen LogP contribution in [-0.4, -0.2) is 46.6 Å². The molecule has 1 aliphatic heterocycles. The van der Waals surface area contributed by atoms with Crippen LogP contribution in [0.1, 0.15) is 26.2 Å². The lowest BCUT2D eigenvalue weighted by atomic mass is 10.2. The molecule has 0 aliphatic carbocycles. The minimum absolute atomic E-state index is 0.210. The second-order valence-corrected chi connectivity index (χ2v) is 6.30.